The minimum Gasteiger partial charge on any atom is -0.378 e. The first-order valence-corrected chi connectivity index (χ1v) is 12.6. The molecule has 7 heteroatoms. The summed E-state index contributed by atoms with van der Waals surface area (Å²) in [4.78, 5) is 2.00. The summed E-state index contributed by atoms with van der Waals surface area (Å²) >= 11 is 12.7. The van der Waals surface area contributed by atoms with Gasteiger partial charge in [-0.3, -0.25) is 4.57 Å². The van der Waals surface area contributed by atoms with Crippen molar-refractivity contribution in [1.29, 1.82) is 0 Å². The molecular weight excluding hydrogens is 450 g/mol. The van der Waals surface area contributed by atoms with Gasteiger partial charge >= 0.3 is 0 Å². The Kier molecular flexibility index (Phi) is 8.07. The summed E-state index contributed by atoms with van der Waals surface area (Å²) in [6, 6.07) is 22.5. The first-order valence-electron chi connectivity index (χ1n) is 10.1. The van der Waals surface area contributed by atoms with Crippen molar-refractivity contribution in [2.45, 2.75) is 19.1 Å². The minimum atomic E-state index is -3.44. The minimum absolute atomic E-state index is 0.366. The topological polar surface area (TPSA) is 41.6 Å². The fourth-order valence-electron chi connectivity index (χ4n) is 3.24. The van der Waals surface area contributed by atoms with Crippen LogP contribution in [0.2, 0.25) is 10.0 Å². The molecule has 1 N–H and O–H groups in total. The van der Waals surface area contributed by atoms with E-state index in [9.17, 15) is 4.57 Å². The van der Waals surface area contributed by atoms with Crippen LogP contribution in [0.25, 0.3) is 0 Å². The monoisotopic (exact) mass is 476 g/mol. The lowest BCUT2D eigenvalue weighted by atomic mass is 10.2. The maximum absolute atomic E-state index is 14.6. The van der Waals surface area contributed by atoms with E-state index in [2.05, 4.69) is 5.32 Å². The van der Waals surface area contributed by atoms with Crippen molar-refractivity contribution in [3.05, 3.63) is 88.4 Å². The van der Waals surface area contributed by atoms with E-state index in [1.54, 1.807) is 18.2 Å². The molecule has 0 spiro atoms. The van der Waals surface area contributed by atoms with E-state index in [0.29, 0.717) is 27.5 Å². The Hall–Kier alpha value is -1.97. The molecule has 4 nitrogen and oxygen atoms in total. The molecule has 0 radical (unpaired) electrons. The molecule has 0 fully saturated rings. The SMILES string of the molecule is CCCO[P@](=O)(c1ccc(N(C)C)cc1)[C@@H](Nc1ccccc1)c1ccc(Cl)cc1Cl. The molecule has 0 saturated heterocycles. The van der Waals surface area contributed by atoms with Gasteiger partial charge in [-0.05, 0) is 55.0 Å². The van der Waals surface area contributed by atoms with Crippen LogP contribution in [0, 0.1) is 0 Å². The number of hydrogen-bond acceptors (Lipinski definition) is 4. The van der Waals surface area contributed by atoms with Gasteiger partial charge in [-0.15, -0.1) is 0 Å². The summed E-state index contributed by atoms with van der Waals surface area (Å²) < 4.78 is 20.7. The summed E-state index contributed by atoms with van der Waals surface area (Å²) in [7, 11) is 0.500. The number of nitrogens with one attached hydrogen (secondary N) is 1. The number of rotatable bonds is 9. The molecule has 3 rings (SSSR count). The molecule has 2 atom stereocenters. The van der Waals surface area contributed by atoms with Crippen LogP contribution in [0.1, 0.15) is 24.7 Å². The maximum Gasteiger partial charge on any atom is 0.258 e. The first kappa shape index (κ1) is 23.7. The highest BCUT2D eigenvalue weighted by atomic mass is 35.5. The zero-order chi connectivity index (χ0) is 22.4. The molecule has 0 bridgehead atoms. The van der Waals surface area contributed by atoms with E-state index in [-0.39, 0.29) is 0 Å². The summed E-state index contributed by atoms with van der Waals surface area (Å²) in [5.74, 6) is -0.684. The van der Waals surface area contributed by atoms with E-state index in [4.69, 9.17) is 27.7 Å². The number of halogens is 2. The van der Waals surface area contributed by atoms with Crippen LogP contribution in [0.15, 0.2) is 72.8 Å². The second-order valence-corrected chi connectivity index (χ2v) is 10.7. The quantitative estimate of drug-likeness (QED) is 0.331. The number of para-hydroxylation sites is 1. The largest absolute Gasteiger partial charge is 0.378 e. The molecule has 0 aliphatic rings. The van der Waals surface area contributed by atoms with Crippen LogP contribution in [-0.2, 0) is 9.09 Å². The molecule has 31 heavy (non-hydrogen) atoms. The normalized spacial score (nSPS) is 14.0. The lowest BCUT2D eigenvalue weighted by Gasteiger charge is -2.30. The zero-order valence-corrected chi connectivity index (χ0v) is 20.3. The predicted octanol–water partition coefficient (Wildman–Crippen LogP) is 7.20. The molecule has 0 unspecified atom stereocenters. The highest BCUT2D eigenvalue weighted by Gasteiger charge is 2.39. The van der Waals surface area contributed by atoms with Crippen molar-refractivity contribution < 1.29 is 9.09 Å². The maximum atomic E-state index is 14.6. The molecule has 0 aromatic heterocycles. The molecule has 164 valence electrons. The van der Waals surface area contributed by atoms with Crippen molar-refractivity contribution in [2.75, 3.05) is 30.9 Å². The van der Waals surface area contributed by atoms with Gasteiger partial charge in [0.1, 0.15) is 5.78 Å². The first-order chi connectivity index (χ1) is 14.8. The molecule has 3 aromatic carbocycles. The molecule has 0 aliphatic carbocycles. The van der Waals surface area contributed by atoms with Gasteiger partial charge in [0.25, 0.3) is 7.37 Å². The van der Waals surface area contributed by atoms with E-state index >= 15 is 0 Å². The average Bonchev–Trinajstić information content (AvgIpc) is 2.77. The molecule has 0 saturated carbocycles. The molecular formula is C24H27Cl2N2O2P. The van der Waals surface area contributed by atoms with Gasteiger partial charge in [-0.25, -0.2) is 0 Å². The Labute approximate surface area is 194 Å². The molecule has 3 aromatic rings. The third kappa shape index (κ3) is 5.64. The van der Waals surface area contributed by atoms with E-state index in [0.717, 1.165) is 17.8 Å². The van der Waals surface area contributed by atoms with Gasteiger partial charge in [0, 0.05) is 46.4 Å². The van der Waals surface area contributed by atoms with Gasteiger partial charge < -0.3 is 14.7 Å². The van der Waals surface area contributed by atoms with Crippen LogP contribution in [0.5, 0.6) is 0 Å². The predicted molar refractivity (Wildman–Crippen MR) is 134 cm³/mol. The number of anilines is 2. The number of nitrogens with zero attached hydrogens (tertiary/aromatic N) is 1. The van der Waals surface area contributed by atoms with Crippen LogP contribution < -0.4 is 15.5 Å². The van der Waals surface area contributed by atoms with Gasteiger partial charge in [0.05, 0.1) is 6.61 Å². The Morgan fingerprint density at radius 3 is 2.26 bits per heavy atom. The van der Waals surface area contributed by atoms with Crippen LogP contribution >= 0.6 is 30.6 Å². The smallest absolute Gasteiger partial charge is 0.258 e. The lowest BCUT2D eigenvalue weighted by molar-refractivity contribution is 0.315. The van der Waals surface area contributed by atoms with Gasteiger partial charge in [-0.2, -0.15) is 0 Å². The van der Waals surface area contributed by atoms with Crippen molar-refractivity contribution in [1.82, 2.24) is 0 Å². The fraction of sp³-hybridized carbons (Fsp3) is 0.250. The summed E-state index contributed by atoms with van der Waals surface area (Å²) in [6.07, 6.45) is 0.742. The highest BCUT2D eigenvalue weighted by Crippen LogP contribution is 2.60. The Balaban J connectivity index is 2.15. The Morgan fingerprint density at radius 2 is 1.68 bits per heavy atom. The van der Waals surface area contributed by atoms with Crippen molar-refractivity contribution in [2.24, 2.45) is 0 Å². The lowest BCUT2D eigenvalue weighted by Crippen LogP contribution is -2.21. The van der Waals surface area contributed by atoms with Gasteiger partial charge in [0.15, 0.2) is 0 Å². The van der Waals surface area contributed by atoms with Gasteiger partial charge in [-0.1, -0.05) is 54.4 Å². The highest BCUT2D eigenvalue weighted by molar-refractivity contribution is 7.67. The molecule has 0 heterocycles. The third-order valence-corrected chi connectivity index (χ3v) is 8.12. The van der Waals surface area contributed by atoms with Gasteiger partial charge in [0.2, 0.25) is 0 Å². The fourth-order valence-corrected chi connectivity index (χ4v) is 6.36. The summed E-state index contributed by atoms with van der Waals surface area (Å²) in [5.41, 5.74) is 2.51. The second kappa shape index (κ2) is 10.6. The summed E-state index contributed by atoms with van der Waals surface area (Å²) in [6.45, 7) is 2.36. The van der Waals surface area contributed by atoms with Crippen molar-refractivity contribution in [3.63, 3.8) is 0 Å². The average molecular weight is 477 g/mol. The van der Waals surface area contributed by atoms with Crippen LogP contribution in [0.3, 0.4) is 0 Å². The zero-order valence-electron chi connectivity index (χ0n) is 17.9. The number of benzene rings is 3. The van der Waals surface area contributed by atoms with Crippen molar-refractivity contribution >= 4 is 47.3 Å². The molecule has 0 amide bonds. The van der Waals surface area contributed by atoms with E-state index in [1.165, 1.54) is 0 Å². The van der Waals surface area contributed by atoms with Crippen LogP contribution in [-0.4, -0.2) is 20.7 Å². The Bertz CT molecular complexity index is 1040. The number of hydrogen-bond donors (Lipinski definition) is 1. The molecule has 0 aliphatic heterocycles. The van der Waals surface area contributed by atoms with E-state index < -0.39 is 13.2 Å². The van der Waals surface area contributed by atoms with E-state index in [1.807, 2.05) is 80.5 Å². The summed E-state index contributed by atoms with van der Waals surface area (Å²) in [5, 5.41) is 5.00. The van der Waals surface area contributed by atoms with Crippen LogP contribution in [0.4, 0.5) is 11.4 Å². The standard InChI is InChI=1S/C24H27Cl2N2O2P/c1-4-16-30-31(29,21-13-11-20(12-14-21)28(2)3)24(27-19-8-6-5-7-9-19)22-15-10-18(25)17-23(22)26/h5-15,17,24,27H,4,16H2,1-3H3/t24-,31-/m1/s1. The third-order valence-electron chi connectivity index (χ3n) is 4.89. The van der Waals surface area contributed by atoms with Crippen molar-refractivity contribution in [3.8, 4) is 0 Å². The Morgan fingerprint density at radius 1 is 1.00 bits per heavy atom. The second-order valence-electron chi connectivity index (χ2n) is 7.42.